The lowest BCUT2D eigenvalue weighted by atomic mass is 10.4. The summed E-state index contributed by atoms with van der Waals surface area (Å²) in [7, 11) is 3.64. The first kappa shape index (κ1) is 6.01. The summed E-state index contributed by atoms with van der Waals surface area (Å²) in [6.07, 6.45) is 1.27. The Kier molecular flexibility index (Phi) is 1.83. The second-order valence-corrected chi connectivity index (χ2v) is 1.92. The molecule has 0 aromatic carbocycles. The fourth-order valence-corrected chi connectivity index (χ4v) is 0.874. The maximum absolute atomic E-state index is 5.06. The van der Waals surface area contributed by atoms with Gasteiger partial charge >= 0.3 is 0 Å². The average molecular weight is 115 g/mol. The highest BCUT2D eigenvalue weighted by Gasteiger charge is 2.20. The van der Waals surface area contributed by atoms with Crippen LogP contribution in [0, 0.1) is 0 Å². The standard InChI is InChI=1S/C5H11N2O/c1-7-5(8-2)3-4-6-7/h5H,3-4H2,1-2H3. The monoisotopic (exact) mass is 115 g/mol. The summed E-state index contributed by atoms with van der Waals surface area (Å²) in [6.45, 7) is 0.912. The van der Waals surface area contributed by atoms with Crippen molar-refractivity contribution in [2.24, 2.45) is 0 Å². The molecule has 1 rings (SSSR count). The first-order valence-corrected chi connectivity index (χ1v) is 2.77. The number of methoxy groups -OCH3 is 1. The molecule has 1 aliphatic rings. The molecule has 1 saturated heterocycles. The highest BCUT2D eigenvalue weighted by molar-refractivity contribution is 4.62. The Bertz CT molecular complexity index is 76.8. The van der Waals surface area contributed by atoms with E-state index in [4.69, 9.17) is 4.74 Å². The number of ether oxygens (including phenoxy) is 1. The van der Waals surface area contributed by atoms with E-state index in [2.05, 4.69) is 5.43 Å². The van der Waals surface area contributed by atoms with Crippen molar-refractivity contribution >= 4 is 0 Å². The molecule has 0 amide bonds. The normalized spacial score (nSPS) is 31.5. The number of rotatable bonds is 1. The van der Waals surface area contributed by atoms with Gasteiger partial charge in [0.15, 0.2) is 0 Å². The van der Waals surface area contributed by atoms with E-state index in [1.165, 1.54) is 0 Å². The van der Waals surface area contributed by atoms with E-state index in [9.17, 15) is 0 Å². The minimum absolute atomic E-state index is 0.231. The van der Waals surface area contributed by atoms with Gasteiger partial charge in [0.1, 0.15) is 6.23 Å². The summed E-state index contributed by atoms with van der Waals surface area (Å²) in [5, 5.41) is 1.86. The quantitative estimate of drug-likeness (QED) is 0.473. The Labute approximate surface area is 49.6 Å². The van der Waals surface area contributed by atoms with Crippen LogP contribution in [0.1, 0.15) is 6.42 Å². The molecule has 0 N–H and O–H groups in total. The van der Waals surface area contributed by atoms with Crippen molar-refractivity contribution in [1.29, 1.82) is 0 Å². The average Bonchev–Trinajstić information content (AvgIpc) is 2.14. The van der Waals surface area contributed by atoms with Crippen LogP contribution in [0.15, 0.2) is 0 Å². The summed E-state index contributed by atoms with van der Waals surface area (Å²) in [5.74, 6) is 0. The fraction of sp³-hybridized carbons (Fsp3) is 1.00. The summed E-state index contributed by atoms with van der Waals surface area (Å²) in [4.78, 5) is 0. The predicted molar refractivity (Wildman–Crippen MR) is 30.2 cm³/mol. The van der Waals surface area contributed by atoms with E-state index in [0.717, 1.165) is 13.0 Å². The highest BCUT2D eigenvalue weighted by Crippen LogP contribution is 2.06. The Hall–Kier alpha value is -0.120. The Morgan fingerprint density at radius 2 is 2.50 bits per heavy atom. The van der Waals surface area contributed by atoms with Gasteiger partial charge in [-0.25, -0.2) is 5.01 Å². The van der Waals surface area contributed by atoms with Crippen LogP contribution in [0.25, 0.3) is 0 Å². The predicted octanol–water partition coefficient (Wildman–Crippen LogP) is -0.186. The molecule has 0 bridgehead atoms. The molecule has 0 aromatic heterocycles. The lowest BCUT2D eigenvalue weighted by Gasteiger charge is -2.14. The topological polar surface area (TPSA) is 26.6 Å². The van der Waals surface area contributed by atoms with Gasteiger partial charge in [0.25, 0.3) is 0 Å². The van der Waals surface area contributed by atoms with E-state index in [0.29, 0.717) is 0 Å². The molecule has 1 heterocycles. The summed E-state index contributed by atoms with van der Waals surface area (Å²) >= 11 is 0. The largest absolute Gasteiger partial charge is 0.365 e. The van der Waals surface area contributed by atoms with Crippen molar-refractivity contribution in [3.05, 3.63) is 0 Å². The van der Waals surface area contributed by atoms with Crippen LogP contribution in [0.3, 0.4) is 0 Å². The second-order valence-electron chi connectivity index (χ2n) is 1.92. The zero-order chi connectivity index (χ0) is 5.98. The van der Waals surface area contributed by atoms with Crippen molar-refractivity contribution in [1.82, 2.24) is 10.4 Å². The highest BCUT2D eigenvalue weighted by atomic mass is 16.5. The molecule has 1 fully saturated rings. The Morgan fingerprint density at radius 1 is 1.75 bits per heavy atom. The van der Waals surface area contributed by atoms with Crippen LogP contribution in [0.2, 0.25) is 0 Å². The van der Waals surface area contributed by atoms with Crippen LogP contribution in [0.4, 0.5) is 0 Å². The molecule has 0 aliphatic carbocycles. The van der Waals surface area contributed by atoms with Gasteiger partial charge in [0.05, 0.1) is 0 Å². The van der Waals surface area contributed by atoms with Gasteiger partial charge in [0, 0.05) is 27.1 Å². The molecular weight excluding hydrogens is 104 g/mol. The molecule has 3 heteroatoms. The van der Waals surface area contributed by atoms with Crippen molar-refractivity contribution in [2.45, 2.75) is 12.6 Å². The van der Waals surface area contributed by atoms with E-state index in [1.54, 1.807) is 7.11 Å². The molecule has 1 atom stereocenters. The third kappa shape index (κ3) is 0.992. The Morgan fingerprint density at radius 3 is 2.75 bits per heavy atom. The van der Waals surface area contributed by atoms with Crippen LogP contribution in [-0.2, 0) is 4.74 Å². The molecule has 47 valence electrons. The zero-order valence-electron chi connectivity index (χ0n) is 5.29. The zero-order valence-corrected chi connectivity index (χ0v) is 5.29. The summed E-state index contributed by atoms with van der Waals surface area (Å²) in [6, 6.07) is 0. The van der Waals surface area contributed by atoms with Crippen molar-refractivity contribution in [2.75, 3.05) is 20.7 Å². The smallest absolute Gasteiger partial charge is 0.125 e. The van der Waals surface area contributed by atoms with Crippen LogP contribution in [0.5, 0.6) is 0 Å². The summed E-state index contributed by atoms with van der Waals surface area (Å²) < 4.78 is 5.06. The number of nitrogens with zero attached hydrogens (tertiary/aromatic N) is 2. The number of hydrogen-bond acceptors (Lipinski definition) is 2. The molecule has 0 aromatic rings. The maximum Gasteiger partial charge on any atom is 0.125 e. The number of hydrogen-bond donors (Lipinski definition) is 0. The van der Waals surface area contributed by atoms with Gasteiger partial charge in [-0.15, -0.1) is 0 Å². The van der Waals surface area contributed by atoms with Gasteiger partial charge in [-0.05, 0) is 0 Å². The molecule has 8 heavy (non-hydrogen) atoms. The Balaban J connectivity index is 2.30. The van der Waals surface area contributed by atoms with Gasteiger partial charge in [-0.3, -0.25) is 0 Å². The van der Waals surface area contributed by atoms with Gasteiger partial charge in [-0.1, -0.05) is 0 Å². The van der Waals surface area contributed by atoms with E-state index in [-0.39, 0.29) is 6.23 Å². The van der Waals surface area contributed by atoms with Crippen molar-refractivity contribution < 1.29 is 4.74 Å². The van der Waals surface area contributed by atoms with Gasteiger partial charge in [0.2, 0.25) is 0 Å². The fourth-order valence-electron chi connectivity index (χ4n) is 0.874. The van der Waals surface area contributed by atoms with Gasteiger partial charge < -0.3 is 4.74 Å². The van der Waals surface area contributed by atoms with Crippen molar-refractivity contribution in [3.8, 4) is 0 Å². The minimum Gasteiger partial charge on any atom is -0.365 e. The first-order valence-electron chi connectivity index (χ1n) is 2.77. The molecule has 1 unspecified atom stereocenters. The lowest BCUT2D eigenvalue weighted by molar-refractivity contribution is -0.00973. The molecule has 0 saturated carbocycles. The van der Waals surface area contributed by atoms with E-state index >= 15 is 0 Å². The van der Waals surface area contributed by atoms with Crippen LogP contribution >= 0.6 is 0 Å². The lowest BCUT2D eigenvalue weighted by Crippen LogP contribution is -2.29. The van der Waals surface area contributed by atoms with E-state index < -0.39 is 0 Å². The second kappa shape index (κ2) is 2.44. The summed E-state index contributed by atoms with van der Waals surface area (Å²) in [5.41, 5.74) is 4.10. The molecule has 3 nitrogen and oxygen atoms in total. The van der Waals surface area contributed by atoms with Crippen LogP contribution < -0.4 is 5.43 Å². The maximum atomic E-state index is 5.06. The molecule has 1 aliphatic heterocycles. The molecule has 1 radical (unpaired) electrons. The molecular formula is C5H11N2O. The van der Waals surface area contributed by atoms with Crippen LogP contribution in [-0.4, -0.2) is 31.9 Å². The molecule has 0 spiro atoms. The minimum atomic E-state index is 0.231. The third-order valence-electron chi connectivity index (χ3n) is 1.39. The SMILES string of the molecule is COC1CC[N]N1C. The van der Waals surface area contributed by atoms with Gasteiger partial charge in [-0.2, -0.15) is 5.43 Å². The van der Waals surface area contributed by atoms with Crippen molar-refractivity contribution in [3.63, 3.8) is 0 Å². The first-order chi connectivity index (χ1) is 3.84. The third-order valence-corrected chi connectivity index (χ3v) is 1.39. The van der Waals surface area contributed by atoms with E-state index in [1.807, 2.05) is 12.1 Å².